The maximum atomic E-state index is 12.2. The number of aliphatic hydroxyl groups is 3. The molecule has 0 radical (unpaired) electrons. The van der Waals surface area contributed by atoms with Gasteiger partial charge in [0.15, 0.2) is 0 Å². The zero-order valence-corrected chi connectivity index (χ0v) is 40.5. The first-order valence-corrected chi connectivity index (χ1v) is 21.9. The highest BCUT2D eigenvalue weighted by molar-refractivity contribution is 5.57. The highest BCUT2D eigenvalue weighted by Crippen LogP contribution is 2.52. The van der Waals surface area contributed by atoms with E-state index in [4.69, 9.17) is 0 Å². The minimum absolute atomic E-state index is 0.186. The van der Waals surface area contributed by atoms with Gasteiger partial charge in [-0.2, -0.15) is 0 Å². The SMILES string of the molecule is Cc1c(CC2=CCC(O)(C(C)(C)C)C(C(C)(C)C)=C2)c(C)c(CC2=CCC(O)(C(C)(C)C)C(C(C)(C)C)=C2)c(C)c1CC1=CCC(O)(C(C)(C)C)C(C(C)(C)C)=C1. The van der Waals surface area contributed by atoms with Crippen molar-refractivity contribution in [3.05, 3.63) is 103 Å². The Morgan fingerprint density at radius 1 is 0.386 bits per heavy atom. The third kappa shape index (κ3) is 8.88. The normalized spacial score (nSPS) is 25.7. The van der Waals surface area contributed by atoms with Gasteiger partial charge in [0.2, 0.25) is 0 Å². The molecule has 0 aromatic heterocycles. The first kappa shape index (κ1) is 47.2. The third-order valence-electron chi connectivity index (χ3n) is 14.3. The van der Waals surface area contributed by atoms with Crippen molar-refractivity contribution in [3.8, 4) is 0 Å². The number of hydrogen-bond acceptors (Lipinski definition) is 3. The van der Waals surface area contributed by atoms with Gasteiger partial charge in [-0.25, -0.2) is 0 Å². The lowest BCUT2D eigenvalue weighted by molar-refractivity contribution is -0.0366. The van der Waals surface area contributed by atoms with Crippen LogP contribution in [0.4, 0.5) is 0 Å². The summed E-state index contributed by atoms with van der Waals surface area (Å²) in [6, 6.07) is 0. The zero-order chi connectivity index (χ0) is 43.9. The molecule has 3 unspecified atom stereocenters. The monoisotopic (exact) mass is 781 g/mol. The Hall–Kier alpha value is -2.46. The molecule has 3 aliphatic carbocycles. The highest BCUT2D eigenvalue weighted by atomic mass is 16.3. The van der Waals surface area contributed by atoms with E-state index < -0.39 is 16.8 Å². The van der Waals surface area contributed by atoms with Gasteiger partial charge in [0, 0.05) is 0 Å². The van der Waals surface area contributed by atoms with Gasteiger partial charge in [-0.1, -0.05) is 161 Å². The molecule has 0 fully saturated rings. The Bertz CT molecular complexity index is 1680. The molecule has 3 nitrogen and oxygen atoms in total. The summed E-state index contributed by atoms with van der Waals surface area (Å²) in [5.41, 5.74) is 11.0. The van der Waals surface area contributed by atoms with Crippen molar-refractivity contribution in [3.63, 3.8) is 0 Å². The summed E-state index contributed by atoms with van der Waals surface area (Å²) in [5, 5.41) is 36.7. The summed E-state index contributed by atoms with van der Waals surface area (Å²) < 4.78 is 0. The van der Waals surface area contributed by atoms with Crippen molar-refractivity contribution in [1.29, 1.82) is 0 Å². The van der Waals surface area contributed by atoms with E-state index in [1.54, 1.807) is 0 Å². The van der Waals surface area contributed by atoms with Crippen LogP contribution in [0.1, 0.15) is 177 Å². The van der Waals surface area contributed by atoms with Crippen LogP contribution >= 0.6 is 0 Å². The van der Waals surface area contributed by atoms with Crippen molar-refractivity contribution in [2.24, 2.45) is 32.5 Å². The van der Waals surface area contributed by atoms with Gasteiger partial charge >= 0.3 is 0 Å². The molecule has 0 aliphatic heterocycles. The first-order chi connectivity index (χ1) is 25.4. The predicted octanol–water partition coefficient (Wildman–Crippen LogP) is 13.5. The van der Waals surface area contributed by atoms with Gasteiger partial charge in [-0.05, 0) is 159 Å². The average molecular weight is 781 g/mol. The summed E-state index contributed by atoms with van der Waals surface area (Å²) >= 11 is 0. The van der Waals surface area contributed by atoms with Crippen LogP contribution in [-0.4, -0.2) is 32.1 Å². The predicted molar refractivity (Wildman–Crippen MR) is 246 cm³/mol. The molecule has 0 spiro atoms. The highest BCUT2D eigenvalue weighted by Gasteiger charge is 2.50. The molecule has 318 valence electrons. The number of benzene rings is 1. The van der Waals surface area contributed by atoms with Gasteiger partial charge in [-0.15, -0.1) is 0 Å². The quantitative estimate of drug-likeness (QED) is 0.269. The van der Waals surface area contributed by atoms with Crippen LogP contribution in [-0.2, 0) is 19.3 Å². The maximum absolute atomic E-state index is 12.2. The smallest absolute Gasteiger partial charge is 0.0947 e. The molecule has 57 heavy (non-hydrogen) atoms. The second-order valence-electron chi connectivity index (χ2n) is 24.5. The summed E-state index contributed by atoms with van der Waals surface area (Å²) in [4.78, 5) is 0. The molecule has 0 bridgehead atoms. The lowest BCUT2D eigenvalue weighted by Gasteiger charge is -2.48. The van der Waals surface area contributed by atoms with Crippen molar-refractivity contribution < 1.29 is 15.3 Å². The Labute approximate surface area is 350 Å². The third-order valence-corrected chi connectivity index (χ3v) is 14.3. The lowest BCUT2D eigenvalue weighted by Crippen LogP contribution is -2.48. The number of hydrogen-bond donors (Lipinski definition) is 3. The van der Waals surface area contributed by atoms with Crippen LogP contribution < -0.4 is 0 Å². The van der Waals surface area contributed by atoms with Crippen LogP contribution in [0.25, 0.3) is 0 Å². The number of rotatable bonds is 6. The van der Waals surface area contributed by atoms with Crippen LogP contribution in [0.15, 0.2) is 69.9 Å². The zero-order valence-electron chi connectivity index (χ0n) is 40.5. The topological polar surface area (TPSA) is 60.7 Å². The Kier molecular flexibility index (Phi) is 12.4. The molecule has 0 saturated heterocycles. The largest absolute Gasteiger partial charge is 0.385 e. The second kappa shape index (κ2) is 14.9. The molecule has 3 aliphatic rings. The Morgan fingerprint density at radius 3 is 0.737 bits per heavy atom. The van der Waals surface area contributed by atoms with E-state index in [1.807, 2.05) is 0 Å². The van der Waals surface area contributed by atoms with E-state index in [2.05, 4.69) is 182 Å². The Morgan fingerprint density at radius 2 is 0.579 bits per heavy atom. The standard InChI is InChI=1S/C54H84O3/c1-34-40(28-37-22-25-52(55,49(13,14)15)43(31-37)46(4,5)6)35(2)42(30-39-24-27-54(57,51(19,20)21)45(33-39)48(10,11)12)36(3)41(34)29-38-23-26-53(56,50(16,17)18)44(32-38)47(7,8)9/h22-24,31-33,55-57H,25-30H2,1-21H3. The van der Waals surface area contributed by atoms with E-state index >= 15 is 0 Å². The summed E-state index contributed by atoms with van der Waals surface area (Å²) in [5.74, 6) is 0. The summed E-state index contributed by atoms with van der Waals surface area (Å²) in [6.45, 7) is 46.4. The van der Waals surface area contributed by atoms with Gasteiger partial charge in [0.1, 0.15) is 0 Å². The van der Waals surface area contributed by atoms with Crippen LogP contribution in [0, 0.1) is 53.3 Å². The van der Waals surface area contributed by atoms with E-state index in [0.29, 0.717) is 19.3 Å². The Balaban J connectivity index is 1.94. The molecule has 3 N–H and O–H groups in total. The molecule has 3 atom stereocenters. The van der Waals surface area contributed by atoms with Crippen LogP contribution in [0.3, 0.4) is 0 Å². The molecule has 3 heteroatoms. The van der Waals surface area contributed by atoms with E-state index in [0.717, 1.165) is 36.0 Å². The first-order valence-electron chi connectivity index (χ1n) is 21.9. The molecule has 1 aromatic carbocycles. The minimum Gasteiger partial charge on any atom is -0.385 e. The van der Waals surface area contributed by atoms with E-state index in [-0.39, 0.29) is 32.5 Å². The second-order valence-corrected chi connectivity index (χ2v) is 24.5. The molecule has 4 rings (SSSR count). The number of allylic oxidation sites excluding steroid dienone is 6. The fourth-order valence-electron chi connectivity index (χ4n) is 10.1. The van der Waals surface area contributed by atoms with Gasteiger partial charge in [0.05, 0.1) is 16.8 Å². The molecule has 0 heterocycles. The molecular formula is C54H84O3. The summed E-state index contributed by atoms with van der Waals surface area (Å²) in [7, 11) is 0. The summed E-state index contributed by atoms with van der Waals surface area (Å²) in [6.07, 6.45) is 18.1. The van der Waals surface area contributed by atoms with Gasteiger partial charge in [-0.3, -0.25) is 0 Å². The van der Waals surface area contributed by atoms with Crippen LogP contribution in [0.2, 0.25) is 0 Å². The van der Waals surface area contributed by atoms with E-state index in [1.165, 1.54) is 50.1 Å². The van der Waals surface area contributed by atoms with Crippen molar-refractivity contribution in [2.45, 2.75) is 201 Å². The fraction of sp³-hybridized carbons (Fsp3) is 0.667. The average Bonchev–Trinajstić information content (AvgIpc) is 3.02. The molecule has 1 aromatic rings. The van der Waals surface area contributed by atoms with Crippen LogP contribution in [0.5, 0.6) is 0 Å². The van der Waals surface area contributed by atoms with Gasteiger partial charge in [0.25, 0.3) is 0 Å². The molecule has 0 saturated carbocycles. The van der Waals surface area contributed by atoms with E-state index in [9.17, 15) is 15.3 Å². The lowest BCUT2D eigenvalue weighted by atomic mass is 9.61. The minimum atomic E-state index is -0.915. The van der Waals surface area contributed by atoms with Gasteiger partial charge < -0.3 is 15.3 Å². The fourth-order valence-corrected chi connectivity index (χ4v) is 10.1. The van der Waals surface area contributed by atoms with Crippen molar-refractivity contribution in [1.82, 2.24) is 0 Å². The maximum Gasteiger partial charge on any atom is 0.0947 e. The van der Waals surface area contributed by atoms with Crippen molar-refractivity contribution in [2.75, 3.05) is 0 Å². The molecular weight excluding hydrogens is 697 g/mol. The van der Waals surface area contributed by atoms with Crippen molar-refractivity contribution >= 4 is 0 Å². The molecule has 0 amide bonds.